The first-order chi connectivity index (χ1) is 17.3. The van der Waals surface area contributed by atoms with E-state index >= 15 is 0 Å². The number of hydrogen-bond acceptors (Lipinski definition) is 5. The maximum Gasteiger partial charge on any atom is 0.329 e. The Hall–Kier alpha value is -4.56. The maximum atomic E-state index is 12.7. The third-order valence-electron chi connectivity index (χ3n) is 5.26. The van der Waals surface area contributed by atoms with Crippen molar-refractivity contribution in [2.24, 2.45) is 5.10 Å². The van der Waals surface area contributed by atoms with E-state index in [0.29, 0.717) is 11.3 Å². The number of halogens is 1. The lowest BCUT2D eigenvalue weighted by Crippen LogP contribution is -2.33. The molecule has 8 nitrogen and oxygen atoms in total. The maximum absolute atomic E-state index is 12.7. The number of hydrogen-bond donors (Lipinski definition) is 3. The number of aromatic nitrogens is 1. The van der Waals surface area contributed by atoms with E-state index in [1.54, 1.807) is 36.4 Å². The van der Waals surface area contributed by atoms with E-state index in [1.807, 2.05) is 44.2 Å². The van der Waals surface area contributed by atoms with Gasteiger partial charge in [0, 0.05) is 16.6 Å². The molecule has 3 aromatic carbocycles. The van der Waals surface area contributed by atoms with Gasteiger partial charge in [-0.3, -0.25) is 14.4 Å². The minimum atomic E-state index is -1.01. The van der Waals surface area contributed by atoms with Crippen LogP contribution in [0.3, 0.4) is 0 Å². The minimum Gasteiger partial charge on any atom is -0.322 e. The van der Waals surface area contributed by atoms with Crippen molar-refractivity contribution in [1.82, 2.24) is 10.4 Å². The molecule has 0 fully saturated rings. The van der Waals surface area contributed by atoms with Gasteiger partial charge in [0.1, 0.15) is 5.15 Å². The molecule has 0 radical (unpaired) electrons. The van der Waals surface area contributed by atoms with Crippen LogP contribution in [0.1, 0.15) is 27.0 Å². The van der Waals surface area contributed by atoms with Crippen LogP contribution in [0.5, 0.6) is 0 Å². The van der Waals surface area contributed by atoms with E-state index in [9.17, 15) is 14.4 Å². The van der Waals surface area contributed by atoms with Crippen LogP contribution in [0.2, 0.25) is 5.15 Å². The van der Waals surface area contributed by atoms with Gasteiger partial charge in [0.2, 0.25) is 0 Å². The van der Waals surface area contributed by atoms with Gasteiger partial charge >= 0.3 is 11.8 Å². The Bertz CT molecular complexity index is 1500. The van der Waals surface area contributed by atoms with Crippen LogP contribution >= 0.6 is 11.6 Å². The summed E-state index contributed by atoms with van der Waals surface area (Å²) in [4.78, 5) is 41.8. The Morgan fingerprint density at radius 2 is 1.58 bits per heavy atom. The zero-order chi connectivity index (χ0) is 25.7. The Labute approximate surface area is 212 Å². The molecule has 36 heavy (non-hydrogen) atoms. The molecule has 0 aliphatic heterocycles. The highest BCUT2D eigenvalue weighted by Gasteiger charge is 2.18. The number of fused-ring (bicyclic) bond motifs is 1. The number of amides is 3. The third kappa shape index (κ3) is 5.92. The average molecular weight is 500 g/mol. The smallest absolute Gasteiger partial charge is 0.322 e. The number of carbonyl (C=O) groups excluding carboxylic acids is 3. The number of anilines is 2. The fraction of sp³-hybridized carbons (Fsp3) is 0.0741. The van der Waals surface area contributed by atoms with Crippen LogP contribution in [-0.2, 0) is 9.59 Å². The highest BCUT2D eigenvalue weighted by atomic mass is 35.5. The summed E-state index contributed by atoms with van der Waals surface area (Å²) < 4.78 is 0. The molecule has 4 rings (SSSR count). The number of pyridine rings is 1. The molecule has 3 N–H and O–H groups in total. The van der Waals surface area contributed by atoms with Crippen molar-refractivity contribution in [3.63, 3.8) is 0 Å². The number of benzene rings is 3. The van der Waals surface area contributed by atoms with Crippen LogP contribution in [0.25, 0.3) is 10.9 Å². The molecule has 9 heteroatoms. The standard InChI is InChI=1S/C27H22ClN5O3/c1-16-8-11-20(12-9-16)30-25(34)21-5-3-4-6-22(21)32-26(35)27(36)33-29-15-19-14-18-10-7-17(2)13-23(18)31-24(19)28/h3-15H,1-2H3,(H,30,34)(H,32,35)(H,33,36). The summed E-state index contributed by atoms with van der Waals surface area (Å²) in [6, 6.07) is 21.2. The van der Waals surface area contributed by atoms with Gasteiger partial charge < -0.3 is 10.6 Å². The van der Waals surface area contributed by atoms with Gasteiger partial charge in [0.05, 0.1) is 23.0 Å². The lowest BCUT2D eigenvalue weighted by Gasteiger charge is -2.11. The summed E-state index contributed by atoms with van der Waals surface area (Å²) in [6.45, 7) is 3.90. The van der Waals surface area contributed by atoms with Crippen molar-refractivity contribution in [1.29, 1.82) is 0 Å². The number of hydrazone groups is 1. The van der Waals surface area contributed by atoms with Crippen molar-refractivity contribution < 1.29 is 14.4 Å². The minimum absolute atomic E-state index is 0.184. The molecule has 1 aromatic heterocycles. The van der Waals surface area contributed by atoms with Crippen LogP contribution < -0.4 is 16.1 Å². The number of aryl methyl sites for hydroxylation is 2. The molecule has 0 bridgehead atoms. The van der Waals surface area contributed by atoms with Crippen LogP contribution in [-0.4, -0.2) is 28.9 Å². The Morgan fingerprint density at radius 1 is 0.861 bits per heavy atom. The number of nitrogens with zero attached hydrogens (tertiary/aromatic N) is 2. The number of para-hydroxylation sites is 1. The van der Waals surface area contributed by atoms with Crippen molar-refractivity contribution >= 4 is 57.8 Å². The first-order valence-electron chi connectivity index (χ1n) is 11.0. The molecule has 0 saturated carbocycles. The van der Waals surface area contributed by atoms with Gasteiger partial charge in [-0.15, -0.1) is 0 Å². The van der Waals surface area contributed by atoms with Gasteiger partial charge in [0.15, 0.2) is 0 Å². The van der Waals surface area contributed by atoms with Gasteiger partial charge in [-0.2, -0.15) is 5.10 Å². The first kappa shape index (κ1) is 24.6. The second-order valence-electron chi connectivity index (χ2n) is 8.08. The molecule has 0 atom stereocenters. The van der Waals surface area contributed by atoms with Gasteiger partial charge in [0.25, 0.3) is 5.91 Å². The highest BCUT2D eigenvalue weighted by Crippen LogP contribution is 2.21. The summed E-state index contributed by atoms with van der Waals surface area (Å²) in [5.41, 5.74) is 6.49. The summed E-state index contributed by atoms with van der Waals surface area (Å²) in [5, 5.41) is 10.1. The van der Waals surface area contributed by atoms with Crippen molar-refractivity contribution in [2.75, 3.05) is 10.6 Å². The van der Waals surface area contributed by atoms with Crippen molar-refractivity contribution in [3.8, 4) is 0 Å². The van der Waals surface area contributed by atoms with Gasteiger partial charge in [-0.25, -0.2) is 10.4 Å². The molecule has 0 aliphatic carbocycles. The first-order valence-corrected chi connectivity index (χ1v) is 11.4. The lowest BCUT2D eigenvalue weighted by atomic mass is 10.1. The monoisotopic (exact) mass is 499 g/mol. The normalized spacial score (nSPS) is 10.9. The molecule has 1 heterocycles. The van der Waals surface area contributed by atoms with E-state index in [1.165, 1.54) is 12.3 Å². The fourth-order valence-electron chi connectivity index (χ4n) is 3.38. The predicted octanol–water partition coefficient (Wildman–Crippen LogP) is 4.85. The van der Waals surface area contributed by atoms with Gasteiger partial charge in [-0.1, -0.05) is 53.6 Å². The van der Waals surface area contributed by atoms with Crippen molar-refractivity contribution in [2.45, 2.75) is 13.8 Å². The van der Waals surface area contributed by atoms with Crippen LogP contribution in [0, 0.1) is 13.8 Å². The molecule has 180 valence electrons. The van der Waals surface area contributed by atoms with Gasteiger partial charge in [-0.05, 0) is 55.8 Å². The zero-order valence-corrected chi connectivity index (χ0v) is 20.3. The summed E-state index contributed by atoms with van der Waals surface area (Å²) in [6.07, 6.45) is 1.31. The van der Waals surface area contributed by atoms with Crippen LogP contribution in [0.15, 0.2) is 77.9 Å². The van der Waals surface area contributed by atoms with E-state index in [-0.39, 0.29) is 16.4 Å². The summed E-state index contributed by atoms with van der Waals surface area (Å²) >= 11 is 6.22. The molecule has 0 aliphatic rings. The zero-order valence-electron chi connectivity index (χ0n) is 19.5. The Morgan fingerprint density at radius 3 is 2.36 bits per heavy atom. The Balaban J connectivity index is 1.41. The van der Waals surface area contributed by atoms with E-state index in [0.717, 1.165) is 22.0 Å². The van der Waals surface area contributed by atoms with Crippen molar-refractivity contribution in [3.05, 3.63) is 100 Å². The number of carbonyl (C=O) groups is 3. The predicted molar refractivity (Wildman–Crippen MR) is 141 cm³/mol. The molecule has 0 spiro atoms. The van der Waals surface area contributed by atoms with Crippen LogP contribution in [0.4, 0.5) is 11.4 Å². The topological polar surface area (TPSA) is 113 Å². The lowest BCUT2D eigenvalue weighted by molar-refractivity contribution is -0.136. The summed E-state index contributed by atoms with van der Waals surface area (Å²) in [5.74, 6) is -2.43. The molecular formula is C27H22ClN5O3. The number of nitrogens with one attached hydrogen (secondary N) is 3. The van der Waals surface area contributed by atoms with E-state index < -0.39 is 17.7 Å². The molecule has 0 saturated heterocycles. The second kappa shape index (κ2) is 10.8. The largest absolute Gasteiger partial charge is 0.329 e. The third-order valence-corrected chi connectivity index (χ3v) is 5.56. The molecule has 4 aromatic rings. The highest BCUT2D eigenvalue weighted by molar-refractivity contribution is 6.40. The number of rotatable bonds is 5. The molecular weight excluding hydrogens is 478 g/mol. The van der Waals surface area contributed by atoms with E-state index in [4.69, 9.17) is 11.6 Å². The average Bonchev–Trinajstić information content (AvgIpc) is 2.86. The SMILES string of the molecule is Cc1ccc(NC(=O)c2ccccc2NC(=O)C(=O)NN=Cc2cc3ccc(C)cc3nc2Cl)cc1. The second-order valence-corrected chi connectivity index (χ2v) is 8.44. The molecule has 3 amide bonds. The molecule has 0 unspecified atom stereocenters. The fourth-order valence-corrected chi connectivity index (χ4v) is 3.57. The quantitative estimate of drug-likeness (QED) is 0.158. The Kier molecular flexibility index (Phi) is 7.36. The summed E-state index contributed by atoms with van der Waals surface area (Å²) in [7, 11) is 0. The van der Waals surface area contributed by atoms with E-state index in [2.05, 4.69) is 26.1 Å².